The van der Waals surface area contributed by atoms with Crippen LogP contribution in [-0.2, 0) is 16.1 Å². The minimum Gasteiger partial charge on any atom is -0.481 e. The summed E-state index contributed by atoms with van der Waals surface area (Å²) in [5.74, 6) is -1.47. The number of carboxylic acids is 1. The van der Waals surface area contributed by atoms with Crippen molar-refractivity contribution in [3.05, 3.63) is 27.1 Å². The normalized spacial score (nSPS) is 10.8. The number of hydrogen-bond donors (Lipinski definition) is 1. The summed E-state index contributed by atoms with van der Waals surface area (Å²) in [6.45, 7) is 3.66. The van der Waals surface area contributed by atoms with Gasteiger partial charge in [0.1, 0.15) is 9.71 Å². The minimum absolute atomic E-state index is 0.0428. The van der Waals surface area contributed by atoms with Crippen molar-refractivity contribution in [1.29, 1.82) is 0 Å². The molecule has 8 heteroatoms. The van der Waals surface area contributed by atoms with Crippen LogP contribution in [0.5, 0.6) is 0 Å². The Morgan fingerprint density at radius 1 is 1.48 bits per heavy atom. The van der Waals surface area contributed by atoms with Gasteiger partial charge < -0.3 is 9.84 Å². The Morgan fingerprint density at radius 3 is 2.81 bits per heavy atom. The predicted molar refractivity (Wildman–Crippen MR) is 76.8 cm³/mol. The van der Waals surface area contributed by atoms with Crippen LogP contribution in [0.25, 0.3) is 10.2 Å². The topological polar surface area (TPSA) is 98.5 Å². The van der Waals surface area contributed by atoms with Crippen LogP contribution >= 0.6 is 11.3 Å². The number of carboxylic acid groups (broad SMARTS) is 1. The molecule has 2 aromatic heterocycles. The molecule has 0 unspecified atom stereocenters. The van der Waals surface area contributed by atoms with Crippen molar-refractivity contribution >= 4 is 33.5 Å². The summed E-state index contributed by atoms with van der Waals surface area (Å²) in [6.07, 6.45) is 1.14. The standard InChI is InChI=1S/C13H14N2O5S/c1-3-20-13(19)10-7(2)9-11(21-10)14-6-15(12(9)18)5-4-8(16)17/h6H,3-5H2,1-2H3,(H,16,17). The summed E-state index contributed by atoms with van der Waals surface area (Å²) < 4.78 is 6.19. The number of fused-ring (bicyclic) bond motifs is 1. The first-order valence-electron chi connectivity index (χ1n) is 6.33. The Balaban J connectivity index is 2.50. The van der Waals surface area contributed by atoms with Gasteiger partial charge in [0.05, 0.1) is 24.7 Å². The highest BCUT2D eigenvalue weighted by molar-refractivity contribution is 7.20. The number of ether oxygens (including phenoxy) is 1. The van der Waals surface area contributed by atoms with Gasteiger partial charge >= 0.3 is 11.9 Å². The molecule has 2 rings (SSSR count). The van der Waals surface area contributed by atoms with Crippen molar-refractivity contribution in [3.8, 4) is 0 Å². The molecule has 0 fully saturated rings. The number of thiophene rings is 1. The van der Waals surface area contributed by atoms with E-state index in [9.17, 15) is 14.4 Å². The second-order valence-corrected chi connectivity index (χ2v) is 5.34. The highest BCUT2D eigenvalue weighted by Gasteiger charge is 2.20. The second-order valence-electron chi connectivity index (χ2n) is 4.34. The van der Waals surface area contributed by atoms with Crippen molar-refractivity contribution in [2.75, 3.05) is 6.61 Å². The number of nitrogens with zero attached hydrogens (tertiary/aromatic N) is 2. The number of aryl methyl sites for hydroxylation is 2. The van der Waals surface area contributed by atoms with Gasteiger partial charge in [-0.05, 0) is 19.4 Å². The molecular weight excluding hydrogens is 296 g/mol. The quantitative estimate of drug-likeness (QED) is 0.839. The molecule has 1 N–H and O–H groups in total. The van der Waals surface area contributed by atoms with Crippen molar-refractivity contribution in [1.82, 2.24) is 9.55 Å². The number of rotatable bonds is 5. The van der Waals surface area contributed by atoms with E-state index >= 15 is 0 Å². The third-order valence-electron chi connectivity index (χ3n) is 2.94. The summed E-state index contributed by atoms with van der Waals surface area (Å²) in [7, 11) is 0. The maximum Gasteiger partial charge on any atom is 0.348 e. The largest absolute Gasteiger partial charge is 0.481 e. The number of carbonyl (C=O) groups is 2. The van der Waals surface area contributed by atoms with E-state index in [4.69, 9.17) is 9.84 Å². The molecule has 2 aromatic rings. The Labute approximate surface area is 123 Å². The van der Waals surface area contributed by atoms with Gasteiger partial charge in [0, 0.05) is 6.54 Å². The average Bonchev–Trinajstić information content (AvgIpc) is 2.76. The highest BCUT2D eigenvalue weighted by Crippen LogP contribution is 2.27. The lowest BCUT2D eigenvalue weighted by Crippen LogP contribution is -2.22. The summed E-state index contributed by atoms with van der Waals surface area (Å²) in [5.41, 5.74) is 0.182. The number of aromatic nitrogens is 2. The van der Waals surface area contributed by atoms with Crippen molar-refractivity contribution in [2.24, 2.45) is 0 Å². The molecule has 21 heavy (non-hydrogen) atoms. The molecule has 0 bridgehead atoms. The molecule has 0 amide bonds. The Bertz CT molecular complexity index is 762. The van der Waals surface area contributed by atoms with E-state index in [-0.39, 0.29) is 25.1 Å². The van der Waals surface area contributed by atoms with Crippen molar-refractivity contribution in [2.45, 2.75) is 26.8 Å². The smallest absolute Gasteiger partial charge is 0.348 e. The first-order chi connectivity index (χ1) is 9.95. The molecule has 0 aliphatic rings. The molecule has 7 nitrogen and oxygen atoms in total. The molecule has 0 saturated heterocycles. The third-order valence-corrected chi connectivity index (χ3v) is 4.12. The zero-order valence-corrected chi connectivity index (χ0v) is 12.4. The van der Waals surface area contributed by atoms with E-state index in [1.54, 1.807) is 13.8 Å². The van der Waals surface area contributed by atoms with Gasteiger partial charge in [-0.3, -0.25) is 14.2 Å². The first-order valence-corrected chi connectivity index (χ1v) is 7.14. The number of aliphatic carboxylic acids is 1. The maximum atomic E-state index is 12.3. The molecule has 112 valence electrons. The van der Waals surface area contributed by atoms with Gasteiger partial charge in [0.15, 0.2) is 0 Å². The molecule has 0 radical (unpaired) electrons. The molecular formula is C13H14N2O5S. The molecule has 0 atom stereocenters. The molecule has 0 saturated carbocycles. The predicted octanol–water partition coefficient (Wildman–Crippen LogP) is 1.42. The monoisotopic (exact) mass is 310 g/mol. The first kappa shape index (κ1) is 15.2. The van der Waals surface area contributed by atoms with Crippen LogP contribution in [0.4, 0.5) is 0 Å². The molecule has 0 spiro atoms. The minimum atomic E-state index is -0.990. The van der Waals surface area contributed by atoms with Gasteiger partial charge in [0.25, 0.3) is 5.56 Å². The molecule has 0 aromatic carbocycles. The van der Waals surface area contributed by atoms with Crippen LogP contribution in [-0.4, -0.2) is 33.2 Å². The van der Waals surface area contributed by atoms with E-state index in [1.807, 2.05) is 0 Å². The average molecular weight is 310 g/mol. The SMILES string of the molecule is CCOC(=O)c1sc2ncn(CCC(=O)O)c(=O)c2c1C. The van der Waals surface area contributed by atoms with Crippen LogP contribution < -0.4 is 5.56 Å². The zero-order valence-electron chi connectivity index (χ0n) is 11.6. The molecule has 0 aliphatic carbocycles. The third kappa shape index (κ3) is 2.94. The van der Waals surface area contributed by atoms with E-state index in [0.29, 0.717) is 20.7 Å². The van der Waals surface area contributed by atoms with Gasteiger partial charge in [0.2, 0.25) is 0 Å². The Kier molecular flexibility index (Phi) is 4.37. The lowest BCUT2D eigenvalue weighted by atomic mass is 10.2. The fraction of sp³-hybridized carbons (Fsp3) is 0.385. The lowest BCUT2D eigenvalue weighted by Gasteiger charge is -2.03. The van der Waals surface area contributed by atoms with Crippen LogP contribution in [0.3, 0.4) is 0 Å². The fourth-order valence-electron chi connectivity index (χ4n) is 1.93. The zero-order chi connectivity index (χ0) is 15.6. The number of hydrogen-bond acceptors (Lipinski definition) is 6. The van der Waals surface area contributed by atoms with Gasteiger partial charge in [-0.2, -0.15) is 0 Å². The number of carbonyl (C=O) groups excluding carboxylic acids is 1. The van der Waals surface area contributed by atoms with Crippen LogP contribution in [0, 0.1) is 6.92 Å². The Hall–Kier alpha value is -2.22. The Morgan fingerprint density at radius 2 is 2.19 bits per heavy atom. The van der Waals surface area contributed by atoms with Gasteiger partial charge in [-0.1, -0.05) is 0 Å². The van der Waals surface area contributed by atoms with E-state index in [0.717, 1.165) is 11.3 Å². The summed E-state index contributed by atoms with van der Waals surface area (Å²) >= 11 is 1.10. The number of esters is 1. The summed E-state index contributed by atoms with van der Waals surface area (Å²) in [4.78, 5) is 39.7. The lowest BCUT2D eigenvalue weighted by molar-refractivity contribution is -0.137. The molecule has 0 aliphatic heterocycles. The van der Waals surface area contributed by atoms with Crippen LogP contribution in [0.15, 0.2) is 11.1 Å². The summed E-state index contributed by atoms with van der Waals surface area (Å²) in [6, 6.07) is 0. The maximum absolute atomic E-state index is 12.3. The van der Waals surface area contributed by atoms with Crippen LogP contribution in [0.2, 0.25) is 0 Å². The van der Waals surface area contributed by atoms with E-state index in [2.05, 4.69) is 4.98 Å². The van der Waals surface area contributed by atoms with E-state index < -0.39 is 11.9 Å². The van der Waals surface area contributed by atoms with Crippen LogP contribution in [0.1, 0.15) is 28.6 Å². The second kappa shape index (κ2) is 6.04. The van der Waals surface area contributed by atoms with Crippen molar-refractivity contribution < 1.29 is 19.4 Å². The highest BCUT2D eigenvalue weighted by atomic mass is 32.1. The molecule has 2 heterocycles. The summed E-state index contributed by atoms with van der Waals surface area (Å²) in [5, 5.41) is 9.02. The van der Waals surface area contributed by atoms with Crippen molar-refractivity contribution in [3.63, 3.8) is 0 Å². The van der Waals surface area contributed by atoms with Gasteiger partial charge in [-0.15, -0.1) is 11.3 Å². The van der Waals surface area contributed by atoms with Gasteiger partial charge in [-0.25, -0.2) is 9.78 Å². The van der Waals surface area contributed by atoms with E-state index in [1.165, 1.54) is 10.9 Å². The fourth-order valence-corrected chi connectivity index (χ4v) is 2.96.